The molecule has 0 saturated heterocycles. The van der Waals surface area contributed by atoms with E-state index < -0.39 is 5.97 Å². The zero-order chi connectivity index (χ0) is 10.7. The van der Waals surface area contributed by atoms with Crippen LogP contribution in [0.5, 0.6) is 0 Å². The molecule has 1 N–H and O–H groups in total. The van der Waals surface area contributed by atoms with Gasteiger partial charge in [0.1, 0.15) is 0 Å². The van der Waals surface area contributed by atoms with E-state index in [1.54, 1.807) is 6.20 Å². The SMILES string of the molecule is O=C(O)CCN(c1nccnn1)C1CC1. The summed E-state index contributed by atoms with van der Waals surface area (Å²) in [5.74, 6) is -0.272. The first kappa shape index (κ1) is 9.82. The van der Waals surface area contributed by atoms with Crippen LogP contribution in [0.4, 0.5) is 5.95 Å². The van der Waals surface area contributed by atoms with Gasteiger partial charge in [0.15, 0.2) is 0 Å². The number of anilines is 1. The monoisotopic (exact) mass is 208 g/mol. The molecule has 2 rings (SSSR count). The summed E-state index contributed by atoms with van der Waals surface area (Å²) in [6, 6.07) is 0.397. The molecule has 6 heteroatoms. The van der Waals surface area contributed by atoms with Crippen LogP contribution in [0.1, 0.15) is 19.3 Å². The van der Waals surface area contributed by atoms with Crippen molar-refractivity contribution in [2.45, 2.75) is 25.3 Å². The van der Waals surface area contributed by atoms with Gasteiger partial charge in [0.05, 0.1) is 18.8 Å². The van der Waals surface area contributed by atoms with Gasteiger partial charge < -0.3 is 10.0 Å². The number of carboxylic acids is 1. The molecule has 0 spiro atoms. The zero-order valence-corrected chi connectivity index (χ0v) is 8.20. The molecule has 0 unspecified atom stereocenters. The van der Waals surface area contributed by atoms with Crippen molar-refractivity contribution in [1.82, 2.24) is 15.2 Å². The van der Waals surface area contributed by atoms with Crippen molar-refractivity contribution in [2.75, 3.05) is 11.4 Å². The number of hydrogen-bond donors (Lipinski definition) is 1. The van der Waals surface area contributed by atoms with Crippen LogP contribution in [0.3, 0.4) is 0 Å². The Bertz CT molecular complexity index is 339. The number of rotatable bonds is 5. The Morgan fingerprint density at radius 1 is 1.53 bits per heavy atom. The molecule has 1 aliphatic rings. The van der Waals surface area contributed by atoms with E-state index in [0.29, 0.717) is 18.5 Å². The molecule has 0 bridgehead atoms. The van der Waals surface area contributed by atoms with Gasteiger partial charge in [0.25, 0.3) is 0 Å². The van der Waals surface area contributed by atoms with Crippen LogP contribution < -0.4 is 4.90 Å². The van der Waals surface area contributed by atoms with Crippen molar-refractivity contribution in [1.29, 1.82) is 0 Å². The summed E-state index contributed by atoms with van der Waals surface area (Å²) in [7, 11) is 0. The van der Waals surface area contributed by atoms with E-state index in [-0.39, 0.29) is 6.42 Å². The summed E-state index contributed by atoms with van der Waals surface area (Å²) in [4.78, 5) is 16.5. The lowest BCUT2D eigenvalue weighted by atomic mass is 10.4. The van der Waals surface area contributed by atoms with E-state index in [1.807, 2.05) is 4.90 Å². The van der Waals surface area contributed by atoms with Gasteiger partial charge in [0.2, 0.25) is 5.95 Å². The molecular formula is C9H12N4O2. The van der Waals surface area contributed by atoms with E-state index in [9.17, 15) is 4.79 Å². The highest BCUT2D eigenvalue weighted by molar-refractivity contribution is 5.67. The normalized spacial score (nSPS) is 14.9. The van der Waals surface area contributed by atoms with E-state index in [0.717, 1.165) is 12.8 Å². The highest BCUT2D eigenvalue weighted by Crippen LogP contribution is 2.29. The van der Waals surface area contributed by atoms with Crippen LogP contribution in [-0.4, -0.2) is 38.8 Å². The fourth-order valence-electron chi connectivity index (χ4n) is 1.42. The smallest absolute Gasteiger partial charge is 0.305 e. The number of nitrogens with zero attached hydrogens (tertiary/aromatic N) is 4. The molecule has 1 aromatic rings. The molecule has 0 radical (unpaired) electrons. The minimum absolute atomic E-state index is 0.106. The van der Waals surface area contributed by atoms with Crippen molar-refractivity contribution in [3.63, 3.8) is 0 Å². The predicted molar refractivity (Wildman–Crippen MR) is 52.4 cm³/mol. The number of carbonyl (C=O) groups is 1. The summed E-state index contributed by atoms with van der Waals surface area (Å²) >= 11 is 0. The largest absolute Gasteiger partial charge is 0.481 e. The van der Waals surface area contributed by atoms with Gasteiger partial charge in [-0.25, -0.2) is 4.98 Å². The molecule has 1 fully saturated rings. The number of hydrogen-bond acceptors (Lipinski definition) is 5. The molecular weight excluding hydrogens is 196 g/mol. The third kappa shape index (κ3) is 2.61. The lowest BCUT2D eigenvalue weighted by Crippen LogP contribution is -2.30. The second kappa shape index (κ2) is 4.20. The minimum atomic E-state index is -0.801. The van der Waals surface area contributed by atoms with Gasteiger partial charge in [-0.05, 0) is 12.8 Å². The molecule has 1 heterocycles. The van der Waals surface area contributed by atoms with Gasteiger partial charge in [-0.15, -0.1) is 5.10 Å². The van der Waals surface area contributed by atoms with E-state index in [2.05, 4.69) is 15.2 Å². The van der Waals surface area contributed by atoms with Crippen molar-refractivity contribution in [3.05, 3.63) is 12.4 Å². The minimum Gasteiger partial charge on any atom is -0.481 e. The Morgan fingerprint density at radius 2 is 2.33 bits per heavy atom. The molecule has 1 saturated carbocycles. The molecule has 6 nitrogen and oxygen atoms in total. The maximum atomic E-state index is 10.5. The van der Waals surface area contributed by atoms with Crippen molar-refractivity contribution < 1.29 is 9.90 Å². The van der Waals surface area contributed by atoms with Crippen LogP contribution in [-0.2, 0) is 4.79 Å². The van der Waals surface area contributed by atoms with Gasteiger partial charge >= 0.3 is 5.97 Å². The molecule has 0 aromatic carbocycles. The Balaban J connectivity index is 2.03. The maximum Gasteiger partial charge on any atom is 0.305 e. The molecule has 0 atom stereocenters. The first-order valence-electron chi connectivity index (χ1n) is 4.89. The fraction of sp³-hybridized carbons (Fsp3) is 0.556. The third-order valence-corrected chi connectivity index (χ3v) is 2.28. The first-order valence-corrected chi connectivity index (χ1v) is 4.89. The summed E-state index contributed by atoms with van der Waals surface area (Å²) in [5.41, 5.74) is 0. The molecule has 1 aromatic heterocycles. The standard InChI is InChI=1S/C9H12N4O2/c14-8(15)3-6-13(7-1-2-7)9-10-4-5-11-12-9/h4-5,7H,1-3,6H2,(H,14,15). The molecule has 0 amide bonds. The van der Waals surface area contributed by atoms with Crippen molar-refractivity contribution >= 4 is 11.9 Å². The molecule has 80 valence electrons. The Hall–Kier alpha value is -1.72. The topological polar surface area (TPSA) is 79.2 Å². The van der Waals surface area contributed by atoms with Crippen molar-refractivity contribution in [3.8, 4) is 0 Å². The molecule has 1 aliphatic carbocycles. The molecule has 0 aliphatic heterocycles. The van der Waals surface area contributed by atoms with Crippen molar-refractivity contribution in [2.24, 2.45) is 0 Å². The van der Waals surface area contributed by atoms with Crippen LogP contribution in [0.2, 0.25) is 0 Å². The highest BCUT2D eigenvalue weighted by Gasteiger charge is 2.31. The third-order valence-electron chi connectivity index (χ3n) is 2.28. The Morgan fingerprint density at radius 3 is 2.87 bits per heavy atom. The number of carboxylic acid groups (broad SMARTS) is 1. The first-order chi connectivity index (χ1) is 7.27. The summed E-state index contributed by atoms with van der Waals surface area (Å²) in [6.07, 6.45) is 5.34. The van der Waals surface area contributed by atoms with Gasteiger partial charge in [-0.1, -0.05) is 0 Å². The zero-order valence-electron chi connectivity index (χ0n) is 8.20. The summed E-state index contributed by atoms with van der Waals surface area (Å²) in [5, 5.41) is 16.3. The number of aliphatic carboxylic acids is 1. The van der Waals surface area contributed by atoms with Crippen LogP contribution in [0, 0.1) is 0 Å². The van der Waals surface area contributed by atoms with Gasteiger partial charge in [0, 0.05) is 12.6 Å². The fourth-order valence-corrected chi connectivity index (χ4v) is 1.42. The van der Waals surface area contributed by atoms with Gasteiger partial charge in [-0.3, -0.25) is 4.79 Å². The summed E-state index contributed by atoms with van der Waals surface area (Å²) < 4.78 is 0. The quantitative estimate of drug-likeness (QED) is 0.750. The maximum absolute atomic E-state index is 10.5. The highest BCUT2D eigenvalue weighted by atomic mass is 16.4. The predicted octanol–water partition coefficient (Wildman–Crippen LogP) is 0.315. The van der Waals surface area contributed by atoms with Gasteiger partial charge in [-0.2, -0.15) is 5.10 Å². The van der Waals surface area contributed by atoms with Crippen LogP contribution in [0.25, 0.3) is 0 Å². The Kier molecular flexibility index (Phi) is 2.75. The Labute approximate surface area is 87.0 Å². The van der Waals surface area contributed by atoms with E-state index in [1.165, 1.54) is 6.20 Å². The van der Waals surface area contributed by atoms with E-state index >= 15 is 0 Å². The average Bonchev–Trinajstić information content (AvgIpc) is 3.03. The van der Waals surface area contributed by atoms with E-state index in [4.69, 9.17) is 5.11 Å². The number of aromatic nitrogens is 3. The lowest BCUT2D eigenvalue weighted by molar-refractivity contribution is -0.136. The second-order valence-corrected chi connectivity index (χ2v) is 3.51. The average molecular weight is 208 g/mol. The lowest BCUT2D eigenvalue weighted by Gasteiger charge is -2.20. The summed E-state index contributed by atoms with van der Waals surface area (Å²) in [6.45, 7) is 0.450. The second-order valence-electron chi connectivity index (χ2n) is 3.51. The van der Waals surface area contributed by atoms with Crippen LogP contribution in [0.15, 0.2) is 12.4 Å². The molecule has 15 heavy (non-hydrogen) atoms. The van der Waals surface area contributed by atoms with Crippen LogP contribution >= 0.6 is 0 Å².